The van der Waals surface area contributed by atoms with Crippen LogP contribution in [0.3, 0.4) is 0 Å². The summed E-state index contributed by atoms with van der Waals surface area (Å²) in [5.74, 6) is 0.588. The van der Waals surface area contributed by atoms with Gasteiger partial charge in [-0.25, -0.2) is 9.78 Å². The number of fused-ring (bicyclic) bond motifs is 1. The average molecular weight is 255 g/mol. The van der Waals surface area contributed by atoms with Crippen LogP contribution in [0.25, 0.3) is 0 Å². The molecule has 19 heavy (non-hydrogen) atoms. The Hall–Kier alpha value is -2.63. The van der Waals surface area contributed by atoms with Crippen LogP contribution < -0.4 is 15.5 Å². The first-order valence-corrected chi connectivity index (χ1v) is 5.97. The topological polar surface area (TPSA) is 75.4 Å². The fourth-order valence-corrected chi connectivity index (χ4v) is 2.23. The molecule has 3 heterocycles. The van der Waals surface area contributed by atoms with Gasteiger partial charge in [0.05, 0.1) is 17.6 Å². The lowest BCUT2D eigenvalue weighted by Gasteiger charge is -2.35. The molecule has 0 radical (unpaired) electrons. The molecule has 2 N–H and O–H groups in total. The molecule has 0 spiro atoms. The zero-order valence-corrected chi connectivity index (χ0v) is 10.2. The molecule has 2 aromatic heterocycles. The fourth-order valence-electron chi connectivity index (χ4n) is 2.23. The van der Waals surface area contributed by atoms with Gasteiger partial charge in [-0.05, 0) is 24.3 Å². The number of anilines is 3. The number of aromatic nitrogens is 2. The number of urea groups is 1. The smallest absolute Gasteiger partial charge is 0.320 e. The Bertz CT molecular complexity index is 601. The lowest BCUT2D eigenvalue weighted by Crippen LogP contribution is -2.45. The Kier molecular flexibility index (Phi) is 2.75. The molecule has 0 saturated carbocycles. The van der Waals surface area contributed by atoms with Crippen LogP contribution in [-0.4, -0.2) is 29.1 Å². The number of pyridine rings is 2. The van der Waals surface area contributed by atoms with E-state index in [1.165, 1.54) is 4.90 Å². The van der Waals surface area contributed by atoms with Gasteiger partial charge in [0, 0.05) is 25.5 Å². The van der Waals surface area contributed by atoms with E-state index in [0.717, 1.165) is 11.4 Å². The Morgan fingerprint density at radius 2 is 2.05 bits per heavy atom. The summed E-state index contributed by atoms with van der Waals surface area (Å²) in [5.41, 5.74) is 7.22. The lowest BCUT2D eigenvalue weighted by atomic mass is 10.2. The number of nitrogens with zero attached hydrogens (tertiary/aromatic N) is 4. The minimum Gasteiger partial charge on any atom is -0.351 e. The van der Waals surface area contributed by atoms with Gasteiger partial charge in [0.15, 0.2) is 5.82 Å². The van der Waals surface area contributed by atoms with Gasteiger partial charge in [0.25, 0.3) is 0 Å². The minimum absolute atomic E-state index is 0.481. The first kappa shape index (κ1) is 11.5. The molecule has 0 bridgehead atoms. The molecule has 3 rings (SSSR count). The summed E-state index contributed by atoms with van der Waals surface area (Å²) < 4.78 is 0. The predicted octanol–water partition coefficient (Wildman–Crippen LogP) is 1.51. The van der Waals surface area contributed by atoms with Crippen LogP contribution in [0.2, 0.25) is 0 Å². The van der Waals surface area contributed by atoms with E-state index in [4.69, 9.17) is 5.73 Å². The molecule has 1 aliphatic rings. The van der Waals surface area contributed by atoms with Crippen LogP contribution in [0.15, 0.2) is 42.9 Å². The quantitative estimate of drug-likeness (QED) is 0.838. The highest BCUT2D eigenvalue weighted by Crippen LogP contribution is 2.35. The maximum absolute atomic E-state index is 11.4. The third-order valence-electron chi connectivity index (χ3n) is 3.08. The second-order valence-corrected chi connectivity index (χ2v) is 4.20. The minimum atomic E-state index is -0.481. The van der Waals surface area contributed by atoms with Gasteiger partial charge in [-0.3, -0.25) is 9.88 Å². The standard InChI is InChI=1S/C13H13N5O/c14-13(19)18-8-7-17(10-3-1-5-15-9-10)11-4-2-6-16-12(11)18/h1-6,9H,7-8H2,(H2,14,19). The molecule has 6 heteroatoms. The second kappa shape index (κ2) is 4.56. The van der Waals surface area contributed by atoms with Crippen molar-refractivity contribution in [1.29, 1.82) is 0 Å². The molecule has 96 valence electrons. The van der Waals surface area contributed by atoms with Crippen LogP contribution in [0.5, 0.6) is 0 Å². The summed E-state index contributed by atoms with van der Waals surface area (Å²) in [7, 11) is 0. The van der Waals surface area contributed by atoms with E-state index in [9.17, 15) is 4.79 Å². The Balaban J connectivity index is 2.07. The largest absolute Gasteiger partial charge is 0.351 e. The van der Waals surface area contributed by atoms with E-state index in [1.807, 2.05) is 24.3 Å². The van der Waals surface area contributed by atoms with Crippen molar-refractivity contribution in [3.05, 3.63) is 42.9 Å². The van der Waals surface area contributed by atoms with E-state index >= 15 is 0 Å². The van der Waals surface area contributed by atoms with Gasteiger partial charge in [0.1, 0.15) is 0 Å². The van der Waals surface area contributed by atoms with Crippen molar-refractivity contribution in [1.82, 2.24) is 9.97 Å². The Morgan fingerprint density at radius 3 is 2.79 bits per heavy atom. The van der Waals surface area contributed by atoms with Crippen molar-refractivity contribution in [2.75, 3.05) is 22.9 Å². The maximum atomic E-state index is 11.4. The van der Waals surface area contributed by atoms with Gasteiger partial charge in [-0.2, -0.15) is 0 Å². The SMILES string of the molecule is NC(=O)N1CCN(c2cccnc2)c2cccnc21. The zero-order chi connectivity index (χ0) is 13.2. The van der Waals surface area contributed by atoms with E-state index < -0.39 is 6.03 Å². The van der Waals surface area contributed by atoms with Crippen molar-refractivity contribution in [3.8, 4) is 0 Å². The third-order valence-corrected chi connectivity index (χ3v) is 3.08. The van der Waals surface area contributed by atoms with Crippen molar-refractivity contribution < 1.29 is 4.79 Å². The fraction of sp³-hybridized carbons (Fsp3) is 0.154. The zero-order valence-electron chi connectivity index (χ0n) is 10.2. The van der Waals surface area contributed by atoms with E-state index in [1.54, 1.807) is 18.6 Å². The summed E-state index contributed by atoms with van der Waals surface area (Å²) in [6, 6.07) is 7.14. The molecular formula is C13H13N5O. The number of amides is 2. The average Bonchev–Trinajstić information content (AvgIpc) is 2.47. The molecule has 0 saturated heterocycles. The highest BCUT2D eigenvalue weighted by Gasteiger charge is 2.27. The molecule has 0 fully saturated rings. The van der Waals surface area contributed by atoms with E-state index in [-0.39, 0.29) is 0 Å². The number of carbonyl (C=O) groups is 1. The van der Waals surface area contributed by atoms with Crippen molar-refractivity contribution in [2.24, 2.45) is 5.73 Å². The first-order valence-electron chi connectivity index (χ1n) is 5.97. The number of hydrogen-bond donors (Lipinski definition) is 1. The van der Waals surface area contributed by atoms with Crippen LogP contribution in [-0.2, 0) is 0 Å². The summed E-state index contributed by atoms with van der Waals surface area (Å²) in [4.78, 5) is 23.4. The highest BCUT2D eigenvalue weighted by molar-refractivity contribution is 5.95. The number of hydrogen-bond acceptors (Lipinski definition) is 4. The molecule has 6 nitrogen and oxygen atoms in total. The monoisotopic (exact) mass is 255 g/mol. The normalized spacial score (nSPS) is 14.1. The molecule has 0 atom stereocenters. The van der Waals surface area contributed by atoms with Crippen molar-refractivity contribution >= 4 is 23.2 Å². The van der Waals surface area contributed by atoms with Gasteiger partial charge in [-0.1, -0.05) is 0 Å². The van der Waals surface area contributed by atoms with E-state index in [2.05, 4.69) is 14.9 Å². The summed E-state index contributed by atoms with van der Waals surface area (Å²) >= 11 is 0. The summed E-state index contributed by atoms with van der Waals surface area (Å²) in [6.07, 6.45) is 5.17. The van der Waals surface area contributed by atoms with Crippen molar-refractivity contribution in [3.63, 3.8) is 0 Å². The molecule has 2 aromatic rings. The lowest BCUT2D eigenvalue weighted by molar-refractivity contribution is 0.253. The third kappa shape index (κ3) is 1.97. The van der Waals surface area contributed by atoms with E-state index in [0.29, 0.717) is 18.9 Å². The summed E-state index contributed by atoms with van der Waals surface area (Å²) in [5, 5.41) is 0. The molecule has 0 unspecified atom stereocenters. The number of rotatable bonds is 1. The van der Waals surface area contributed by atoms with Crippen LogP contribution >= 0.6 is 0 Å². The predicted molar refractivity (Wildman–Crippen MR) is 72.4 cm³/mol. The molecule has 0 aliphatic carbocycles. The number of nitrogens with two attached hydrogens (primary N) is 1. The molecule has 1 aliphatic heterocycles. The number of carbonyl (C=O) groups excluding carboxylic acids is 1. The van der Waals surface area contributed by atoms with Crippen LogP contribution in [0, 0.1) is 0 Å². The first-order chi connectivity index (χ1) is 9.27. The van der Waals surface area contributed by atoms with Gasteiger partial charge < -0.3 is 10.6 Å². The molecular weight excluding hydrogens is 242 g/mol. The second-order valence-electron chi connectivity index (χ2n) is 4.20. The van der Waals surface area contributed by atoms with Crippen LogP contribution in [0.1, 0.15) is 0 Å². The highest BCUT2D eigenvalue weighted by atomic mass is 16.2. The Labute approximate surface area is 110 Å². The number of primary amides is 1. The summed E-state index contributed by atoms with van der Waals surface area (Å²) in [6.45, 7) is 1.17. The maximum Gasteiger partial charge on any atom is 0.320 e. The molecule has 0 aromatic carbocycles. The van der Waals surface area contributed by atoms with Crippen LogP contribution in [0.4, 0.5) is 22.0 Å². The molecule has 2 amide bonds. The van der Waals surface area contributed by atoms with Gasteiger partial charge >= 0.3 is 6.03 Å². The van der Waals surface area contributed by atoms with Gasteiger partial charge in [0.2, 0.25) is 0 Å². The van der Waals surface area contributed by atoms with Gasteiger partial charge in [-0.15, -0.1) is 0 Å². The Morgan fingerprint density at radius 1 is 1.21 bits per heavy atom. The van der Waals surface area contributed by atoms with Crippen molar-refractivity contribution in [2.45, 2.75) is 0 Å².